The fourth-order valence-electron chi connectivity index (χ4n) is 2.55. The van der Waals surface area contributed by atoms with Gasteiger partial charge in [-0.25, -0.2) is 4.39 Å². The van der Waals surface area contributed by atoms with Gasteiger partial charge in [-0.3, -0.25) is 24.6 Å². The third kappa shape index (κ3) is 4.00. The molecule has 28 heavy (non-hydrogen) atoms. The van der Waals surface area contributed by atoms with Gasteiger partial charge in [-0.15, -0.1) is 0 Å². The van der Waals surface area contributed by atoms with Gasteiger partial charge in [0.25, 0.3) is 11.1 Å². The lowest BCUT2D eigenvalue weighted by atomic mass is 10.1. The second kappa shape index (κ2) is 7.99. The maximum Gasteiger partial charge on any atom is 0.311 e. The van der Waals surface area contributed by atoms with Gasteiger partial charge in [0.2, 0.25) is 0 Å². The predicted octanol–water partition coefficient (Wildman–Crippen LogP) is 4.63. The van der Waals surface area contributed by atoms with Gasteiger partial charge in [0.1, 0.15) is 5.82 Å². The molecule has 0 unspecified atom stereocenters. The third-order valence-electron chi connectivity index (χ3n) is 3.91. The molecule has 1 saturated heterocycles. The molecule has 144 valence electrons. The molecule has 0 aliphatic carbocycles. The highest BCUT2D eigenvalue weighted by molar-refractivity contribution is 8.18. The van der Waals surface area contributed by atoms with E-state index in [1.165, 1.54) is 43.5 Å². The van der Waals surface area contributed by atoms with Crippen LogP contribution in [0.2, 0.25) is 5.02 Å². The highest BCUT2D eigenvalue weighted by Gasteiger charge is 2.35. The Morgan fingerprint density at radius 2 is 2.04 bits per heavy atom. The number of imide groups is 1. The van der Waals surface area contributed by atoms with Crippen LogP contribution in [0.15, 0.2) is 41.3 Å². The van der Waals surface area contributed by atoms with Crippen molar-refractivity contribution in [3.05, 3.63) is 73.4 Å². The first kappa shape index (κ1) is 19.8. The lowest BCUT2D eigenvalue weighted by molar-refractivity contribution is -0.385. The average molecular weight is 423 g/mol. The minimum absolute atomic E-state index is 0.0845. The van der Waals surface area contributed by atoms with Crippen LogP contribution >= 0.6 is 23.4 Å². The fraction of sp³-hybridized carbons (Fsp3) is 0.111. The summed E-state index contributed by atoms with van der Waals surface area (Å²) in [4.78, 5) is 36.4. The van der Waals surface area contributed by atoms with E-state index in [0.717, 1.165) is 11.0 Å². The van der Waals surface area contributed by atoms with Crippen LogP contribution in [0, 0.1) is 15.9 Å². The average Bonchev–Trinajstić information content (AvgIpc) is 2.91. The maximum absolute atomic E-state index is 13.2. The summed E-state index contributed by atoms with van der Waals surface area (Å²) in [6.07, 6.45) is 1.39. The van der Waals surface area contributed by atoms with Crippen molar-refractivity contribution >= 4 is 46.3 Å². The Labute approximate surface area is 167 Å². The van der Waals surface area contributed by atoms with Gasteiger partial charge in [-0.1, -0.05) is 23.7 Å². The molecule has 1 aliphatic rings. The summed E-state index contributed by atoms with van der Waals surface area (Å²) in [7, 11) is 1.31. The molecule has 1 fully saturated rings. The van der Waals surface area contributed by atoms with Gasteiger partial charge in [-0.2, -0.15) is 0 Å². The normalized spacial score (nSPS) is 15.4. The van der Waals surface area contributed by atoms with E-state index in [-0.39, 0.29) is 27.9 Å². The van der Waals surface area contributed by atoms with Gasteiger partial charge in [0.05, 0.1) is 23.5 Å². The lowest BCUT2D eigenvalue weighted by Gasteiger charge is -2.13. The van der Waals surface area contributed by atoms with E-state index >= 15 is 0 Å². The van der Waals surface area contributed by atoms with E-state index in [1.807, 2.05) is 0 Å². The first-order valence-corrected chi connectivity index (χ1v) is 9.01. The number of methoxy groups -OCH3 is 1. The molecule has 7 nitrogen and oxygen atoms in total. The van der Waals surface area contributed by atoms with Gasteiger partial charge < -0.3 is 4.74 Å². The molecule has 0 atom stereocenters. The number of hydrogen-bond acceptors (Lipinski definition) is 6. The molecule has 0 bridgehead atoms. The van der Waals surface area contributed by atoms with Crippen molar-refractivity contribution in [2.24, 2.45) is 0 Å². The first-order chi connectivity index (χ1) is 13.3. The largest absolute Gasteiger partial charge is 0.490 e. The molecular formula is C18H12ClFN2O5S. The minimum atomic E-state index is -0.599. The fourth-order valence-corrected chi connectivity index (χ4v) is 3.61. The summed E-state index contributed by atoms with van der Waals surface area (Å²) in [6, 6.07) is 7.89. The van der Waals surface area contributed by atoms with E-state index in [0.29, 0.717) is 22.9 Å². The van der Waals surface area contributed by atoms with E-state index < -0.39 is 21.9 Å². The number of carbonyl (C=O) groups is 2. The Balaban J connectivity index is 1.87. The zero-order valence-corrected chi connectivity index (χ0v) is 15.9. The molecule has 0 saturated carbocycles. The quantitative estimate of drug-likeness (QED) is 0.396. The van der Waals surface area contributed by atoms with Crippen molar-refractivity contribution in [2.75, 3.05) is 7.11 Å². The number of hydrogen-bond donors (Lipinski definition) is 0. The van der Waals surface area contributed by atoms with Crippen molar-refractivity contribution in [1.29, 1.82) is 0 Å². The van der Waals surface area contributed by atoms with Gasteiger partial charge in [0.15, 0.2) is 5.75 Å². The van der Waals surface area contributed by atoms with Crippen LogP contribution in [0.5, 0.6) is 5.75 Å². The van der Waals surface area contributed by atoms with E-state index in [1.54, 1.807) is 0 Å². The molecule has 10 heteroatoms. The monoisotopic (exact) mass is 422 g/mol. The van der Waals surface area contributed by atoms with Gasteiger partial charge in [0, 0.05) is 11.1 Å². The Morgan fingerprint density at radius 1 is 1.29 bits per heavy atom. The van der Waals surface area contributed by atoms with Crippen LogP contribution < -0.4 is 4.74 Å². The predicted molar refractivity (Wildman–Crippen MR) is 103 cm³/mol. The molecule has 0 N–H and O–H groups in total. The highest BCUT2D eigenvalue weighted by Crippen LogP contribution is 2.35. The number of nitro benzene ring substituents is 1. The third-order valence-corrected chi connectivity index (χ3v) is 5.17. The van der Waals surface area contributed by atoms with Crippen LogP contribution in [-0.2, 0) is 11.3 Å². The molecule has 1 aliphatic heterocycles. The van der Waals surface area contributed by atoms with E-state index in [4.69, 9.17) is 16.3 Å². The zero-order chi connectivity index (χ0) is 20.4. The number of ether oxygens (including phenoxy) is 1. The standard InChI is InChI=1S/C18H12ClFN2O5S/c1-27-15-5-2-10(6-14(15)22(25)26)7-16-17(23)21(18(24)28-16)9-11-3-4-12(20)8-13(11)19/h2-8H,9H2,1H3/b16-7+. The van der Waals surface area contributed by atoms with Crippen LogP contribution in [0.1, 0.15) is 11.1 Å². The van der Waals surface area contributed by atoms with Crippen molar-refractivity contribution in [1.82, 2.24) is 4.90 Å². The van der Waals surface area contributed by atoms with Crippen LogP contribution in [0.3, 0.4) is 0 Å². The van der Waals surface area contributed by atoms with Gasteiger partial charge in [-0.05, 0) is 47.2 Å². The number of nitrogens with zero attached hydrogens (tertiary/aromatic N) is 2. The molecular weight excluding hydrogens is 411 g/mol. The maximum atomic E-state index is 13.2. The van der Waals surface area contributed by atoms with Crippen molar-refractivity contribution < 1.29 is 23.6 Å². The number of carbonyl (C=O) groups excluding carboxylic acids is 2. The summed E-state index contributed by atoms with van der Waals surface area (Å²) >= 11 is 6.67. The zero-order valence-electron chi connectivity index (χ0n) is 14.3. The van der Waals surface area contributed by atoms with Crippen LogP contribution in [-0.4, -0.2) is 28.1 Å². The topological polar surface area (TPSA) is 89.8 Å². The molecule has 0 aromatic heterocycles. The summed E-state index contributed by atoms with van der Waals surface area (Å²) in [5, 5.41) is 10.7. The Kier molecular flexibility index (Phi) is 5.66. The van der Waals surface area contributed by atoms with Gasteiger partial charge >= 0.3 is 5.69 Å². The Bertz CT molecular complexity index is 1030. The first-order valence-electron chi connectivity index (χ1n) is 7.82. The number of halogens is 2. The SMILES string of the molecule is COc1ccc(/C=C2/SC(=O)N(Cc3ccc(F)cc3Cl)C2=O)cc1[N+](=O)[O-]. The van der Waals surface area contributed by atoms with Crippen molar-refractivity contribution in [3.8, 4) is 5.75 Å². The summed E-state index contributed by atoms with van der Waals surface area (Å²) in [6.45, 7) is -0.107. The van der Waals surface area contributed by atoms with Crippen LogP contribution in [0.4, 0.5) is 14.9 Å². The number of nitro groups is 1. The number of rotatable bonds is 5. The summed E-state index contributed by atoms with van der Waals surface area (Å²) < 4.78 is 18.1. The minimum Gasteiger partial charge on any atom is -0.490 e. The molecule has 2 amide bonds. The highest BCUT2D eigenvalue weighted by atomic mass is 35.5. The molecule has 2 aromatic carbocycles. The van der Waals surface area contributed by atoms with Crippen molar-refractivity contribution in [3.63, 3.8) is 0 Å². The van der Waals surface area contributed by atoms with E-state index in [2.05, 4.69) is 0 Å². The number of amides is 2. The smallest absolute Gasteiger partial charge is 0.311 e. The second-order valence-electron chi connectivity index (χ2n) is 5.69. The summed E-state index contributed by atoms with van der Waals surface area (Å²) in [5.41, 5.74) is 0.540. The molecule has 3 rings (SSSR count). The number of thioether (sulfide) groups is 1. The van der Waals surface area contributed by atoms with E-state index in [9.17, 15) is 24.1 Å². The molecule has 2 aromatic rings. The molecule has 0 spiro atoms. The number of benzene rings is 2. The van der Waals surface area contributed by atoms with Crippen molar-refractivity contribution in [2.45, 2.75) is 6.54 Å². The second-order valence-corrected chi connectivity index (χ2v) is 7.09. The summed E-state index contributed by atoms with van der Waals surface area (Å²) in [5.74, 6) is -1.00. The molecule has 1 heterocycles. The Hall–Kier alpha value is -2.91. The lowest BCUT2D eigenvalue weighted by Crippen LogP contribution is -2.27. The van der Waals surface area contributed by atoms with Crippen LogP contribution in [0.25, 0.3) is 6.08 Å². The Morgan fingerprint density at radius 3 is 2.68 bits per heavy atom. The molecule has 0 radical (unpaired) electrons.